The van der Waals surface area contributed by atoms with E-state index in [0.29, 0.717) is 33.7 Å². The van der Waals surface area contributed by atoms with Crippen LogP contribution in [0.4, 0.5) is 14.5 Å². The maximum absolute atomic E-state index is 14.4. The molecule has 166 valence electrons. The van der Waals surface area contributed by atoms with E-state index in [1.165, 1.54) is 37.9 Å². The lowest BCUT2D eigenvalue weighted by atomic mass is 9.84. The third kappa shape index (κ3) is 5.22. The number of amides is 1. The van der Waals surface area contributed by atoms with Crippen LogP contribution in [-0.2, 0) is 9.53 Å². The summed E-state index contributed by atoms with van der Waals surface area (Å²) in [6, 6.07) is 4.90. The number of hydrogen-bond donors (Lipinski definition) is 1. The Labute approximate surface area is 194 Å². The van der Waals surface area contributed by atoms with Crippen molar-refractivity contribution in [3.63, 3.8) is 0 Å². The number of nitrogens with zero attached hydrogens (tertiary/aromatic N) is 1. The zero-order valence-electron chi connectivity index (χ0n) is 17.1. The maximum Gasteiger partial charge on any atom is 0.293 e. The molecule has 1 aromatic carbocycles. The van der Waals surface area contributed by atoms with Crippen LogP contribution in [0.5, 0.6) is 0 Å². The number of hydrogen-bond acceptors (Lipinski definition) is 4. The van der Waals surface area contributed by atoms with Gasteiger partial charge in [-0.15, -0.1) is 0 Å². The normalized spacial score (nSPS) is 25.0. The number of ether oxygens (including phenoxy) is 1. The number of benzene rings is 1. The van der Waals surface area contributed by atoms with E-state index in [0.717, 1.165) is 0 Å². The predicted octanol–water partition coefficient (Wildman–Crippen LogP) is 6.33. The Morgan fingerprint density at radius 2 is 2.16 bits per heavy atom. The van der Waals surface area contributed by atoms with Crippen LogP contribution in [0.15, 0.2) is 59.1 Å². The van der Waals surface area contributed by atoms with Crippen LogP contribution in [0.3, 0.4) is 0 Å². The number of aliphatic imine (C=N–C) groups is 1. The molecule has 1 fully saturated rings. The second-order valence-electron chi connectivity index (χ2n) is 7.58. The van der Waals surface area contributed by atoms with E-state index >= 15 is 0 Å². The first kappa shape index (κ1) is 24.0. The van der Waals surface area contributed by atoms with Crippen LogP contribution in [0.25, 0.3) is 0 Å². The van der Waals surface area contributed by atoms with E-state index in [9.17, 15) is 13.6 Å². The fourth-order valence-corrected chi connectivity index (χ4v) is 5.06. The molecule has 1 aromatic rings. The first-order valence-corrected chi connectivity index (χ1v) is 11.1. The molecule has 1 N–H and O–H groups in total. The van der Waals surface area contributed by atoms with Crippen molar-refractivity contribution in [2.45, 2.75) is 30.4 Å². The number of alkyl halides is 2. The van der Waals surface area contributed by atoms with E-state index in [4.69, 9.17) is 27.9 Å². The molecule has 1 amide bonds. The molecule has 1 heterocycles. The van der Waals surface area contributed by atoms with Gasteiger partial charge in [-0.2, -0.15) is 8.78 Å². The lowest BCUT2D eigenvalue weighted by molar-refractivity contribution is -0.123. The molecule has 0 spiro atoms. The molecule has 4 nitrogen and oxygen atoms in total. The van der Waals surface area contributed by atoms with Gasteiger partial charge >= 0.3 is 0 Å². The van der Waals surface area contributed by atoms with E-state index in [1.807, 2.05) is 0 Å². The zero-order valence-corrected chi connectivity index (χ0v) is 19.4. The number of rotatable bonds is 7. The topological polar surface area (TPSA) is 50.7 Å². The second kappa shape index (κ2) is 9.45. The van der Waals surface area contributed by atoms with E-state index < -0.39 is 10.7 Å². The van der Waals surface area contributed by atoms with Crippen LogP contribution >= 0.6 is 35.0 Å². The summed E-state index contributed by atoms with van der Waals surface area (Å²) in [6.45, 7) is 4.82. The van der Waals surface area contributed by atoms with Crippen molar-refractivity contribution in [2.75, 3.05) is 13.7 Å². The molecule has 3 rings (SSSR count). The Balaban J connectivity index is 1.85. The molecule has 1 aliphatic carbocycles. The average Bonchev–Trinajstić information content (AvgIpc) is 2.99. The van der Waals surface area contributed by atoms with Gasteiger partial charge in [0.05, 0.1) is 22.3 Å². The molecular weight excluding hydrogens is 465 g/mol. The number of carbonyl (C=O) groups excluding carboxylic acids is 1. The smallest absolute Gasteiger partial charge is 0.293 e. The molecule has 31 heavy (non-hydrogen) atoms. The summed E-state index contributed by atoms with van der Waals surface area (Å²) in [5.41, 5.74) is 0.214. The van der Waals surface area contributed by atoms with Crippen molar-refractivity contribution in [1.82, 2.24) is 5.32 Å². The molecule has 0 bridgehead atoms. The highest BCUT2D eigenvalue weighted by atomic mass is 35.5. The number of methoxy groups -OCH3 is 1. The highest BCUT2D eigenvalue weighted by Gasteiger charge is 2.48. The molecule has 0 saturated carbocycles. The van der Waals surface area contributed by atoms with Gasteiger partial charge < -0.3 is 10.1 Å². The lowest BCUT2D eigenvalue weighted by Gasteiger charge is -2.29. The van der Waals surface area contributed by atoms with Gasteiger partial charge in [-0.1, -0.05) is 59.8 Å². The molecule has 2 unspecified atom stereocenters. The molecule has 0 radical (unpaired) electrons. The summed E-state index contributed by atoms with van der Waals surface area (Å²) in [4.78, 5) is 17.4. The summed E-state index contributed by atoms with van der Waals surface area (Å²) in [6.07, 6.45) is 5.53. The van der Waals surface area contributed by atoms with Crippen molar-refractivity contribution in [2.24, 2.45) is 10.9 Å². The fraction of sp³-hybridized carbons (Fsp3) is 0.364. The van der Waals surface area contributed by atoms with Gasteiger partial charge in [0.15, 0.2) is 5.17 Å². The third-order valence-electron chi connectivity index (χ3n) is 5.08. The summed E-state index contributed by atoms with van der Waals surface area (Å²) in [7, 11) is 1.50. The Bertz CT molecular complexity index is 994. The third-order valence-corrected chi connectivity index (χ3v) is 7.07. The highest BCUT2D eigenvalue weighted by Crippen LogP contribution is 2.43. The van der Waals surface area contributed by atoms with Gasteiger partial charge in [0.25, 0.3) is 5.92 Å². The Morgan fingerprint density at radius 1 is 1.42 bits per heavy atom. The quantitative estimate of drug-likeness (QED) is 0.457. The van der Waals surface area contributed by atoms with Crippen molar-refractivity contribution >= 4 is 51.7 Å². The second-order valence-corrected chi connectivity index (χ2v) is 9.76. The maximum atomic E-state index is 14.4. The number of carbonyl (C=O) groups is 1. The van der Waals surface area contributed by atoms with Crippen LogP contribution in [0.1, 0.15) is 19.8 Å². The monoisotopic (exact) mass is 486 g/mol. The average molecular weight is 487 g/mol. The Kier molecular flexibility index (Phi) is 7.31. The molecule has 1 saturated heterocycles. The SMILES string of the molecule is C=C(C)C(F)(F)C1=CC(CC2(COC)SC(=Nc3ccc(Cl)c(Cl)c3)NC2=O)CC=C1. The number of halogens is 4. The number of amidine groups is 1. The minimum absolute atomic E-state index is 0.100. The van der Waals surface area contributed by atoms with Gasteiger partial charge in [0, 0.05) is 12.7 Å². The van der Waals surface area contributed by atoms with Gasteiger partial charge in [-0.05, 0) is 49.5 Å². The summed E-state index contributed by atoms with van der Waals surface area (Å²) >= 11 is 13.2. The van der Waals surface area contributed by atoms with E-state index in [1.54, 1.807) is 24.3 Å². The minimum atomic E-state index is -3.12. The van der Waals surface area contributed by atoms with E-state index in [-0.39, 0.29) is 29.6 Å². The molecule has 2 atom stereocenters. The van der Waals surface area contributed by atoms with Crippen molar-refractivity contribution in [3.8, 4) is 0 Å². The van der Waals surface area contributed by atoms with Crippen LogP contribution in [0.2, 0.25) is 10.0 Å². The first-order valence-electron chi connectivity index (χ1n) is 9.53. The zero-order chi connectivity index (χ0) is 22.8. The largest absolute Gasteiger partial charge is 0.383 e. The molecular formula is C22H22Cl2F2N2O2S. The number of thioether (sulfide) groups is 1. The standard InChI is InChI=1S/C22H22Cl2F2N2O2S/c1-13(2)22(25,26)15-6-4-5-14(9-15)11-21(12-30-3)19(29)28-20(31-21)27-16-7-8-17(23)18(24)10-16/h4,6-10,14H,1,5,11-12H2,2-3H3,(H,27,28,29). The number of allylic oxidation sites excluding steroid dienone is 5. The molecule has 9 heteroatoms. The predicted molar refractivity (Wildman–Crippen MR) is 124 cm³/mol. The van der Waals surface area contributed by atoms with Crippen LogP contribution < -0.4 is 5.32 Å². The fourth-order valence-electron chi connectivity index (χ4n) is 3.48. The molecule has 2 aliphatic rings. The van der Waals surface area contributed by atoms with Gasteiger partial charge in [0.1, 0.15) is 4.75 Å². The molecule has 1 aliphatic heterocycles. The van der Waals surface area contributed by atoms with Crippen molar-refractivity contribution in [1.29, 1.82) is 0 Å². The minimum Gasteiger partial charge on any atom is -0.383 e. The first-order chi connectivity index (χ1) is 14.6. The Morgan fingerprint density at radius 3 is 2.81 bits per heavy atom. The van der Waals surface area contributed by atoms with Gasteiger partial charge in [0.2, 0.25) is 5.91 Å². The summed E-state index contributed by atoms with van der Waals surface area (Å²) in [5.74, 6) is -3.65. The van der Waals surface area contributed by atoms with Crippen molar-refractivity contribution in [3.05, 3.63) is 64.2 Å². The van der Waals surface area contributed by atoms with Crippen LogP contribution in [-0.4, -0.2) is 35.5 Å². The van der Waals surface area contributed by atoms with Crippen LogP contribution in [0, 0.1) is 5.92 Å². The van der Waals surface area contributed by atoms with Crippen molar-refractivity contribution < 1.29 is 18.3 Å². The van der Waals surface area contributed by atoms with E-state index in [2.05, 4.69) is 16.9 Å². The molecule has 0 aromatic heterocycles. The summed E-state index contributed by atoms with van der Waals surface area (Å²) in [5, 5.41) is 3.93. The van der Waals surface area contributed by atoms with Gasteiger partial charge in [-0.25, -0.2) is 4.99 Å². The number of nitrogens with one attached hydrogen (secondary N) is 1. The summed E-state index contributed by atoms with van der Waals surface area (Å²) < 4.78 is 33.2. The lowest BCUT2D eigenvalue weighted by Crippen LogP contribution is -2.42. The van der Waals surface area contributed by atoms with Gasteiger partial charge in [-0.3, -0.25) is 4.79 Å². The Hall–Kier alpha value is -1.67. The highest BCUT2D eigenvalue weighted by molar-refractivity contribution is 8.16.